The summed E-state index contributed by atoms with van der Waals surface area (Å²) in [6.45, 7) is 5.29. The Labute approximate surface area is 187 Å². The molecule has 0 unspecified atom stereocenters. The Balaban J connectivity index is 1.29. The molecule has 3 saturated carbocycles. The van der Waals surface area contributed by atoms with Gasteiger partial charge < -0.3 is 5.32 Å². The van der Waals surface area contributed by atoms with E-state index in [0.29, 0.717) is 10.8 Å². The Hall–Kier alpha value is -1.67. The summed E-state index contributed by atoms with van der Waals surface area (Å²) in [4.78, 5) is 4.37. The number of fused-ring (bicyclic) bond motifs is 6. The van der Waals surface area contributed by atoms with Gasteiger partial charge in [-0.3, -0.25) is 4.98 Å². The van der Waals surface area contributed by atoms with Gasteiger partial charge in [0.05, 0.1) is 0 Å². The first-order valence-corrected chi connectivity index (χ1v) is 12.7. The number of hydrogen-bond acceptors (Lipinski definition) is 2. The van der Waals surface area contributed by atoms with Crippen molar-refractivity contribution in [3.63, 3.8) is 0 Å². The van der Waals surface area contributed by atoms with Gasteiger partial charge >= 0.3 is 0 Å². The van der Waals surface area contributed by atoms with Crippen molar-refractivity contribution in [2.45, 2.75) is 71.3 Å². The quantitative estimate of drug-likeness (QED) is 0.581. The number of benzene rings is 1. The molecular weight excluding hydrogens is 376 g/mol. The van der Waals surface area contributed by atoms with Crippen LogP contribution in [0.5, 0.6) is 0 Å². The number of nitrogens with one attached hydrogen (secondary N) is 1. The maximum Gasteiger partial charge on any atom is 0.0346 e. The second kappa shape index (κ2) is 7.17. The fourth-order valence-corrected chi connectivity index (χ4v) is 8.79. The third-order valence-electron chi connectivity index (χ3n) is 10.6. The number of pyridine rings is 1. The number of allylic oxidation sites excluding steroid dienone is 2. The van der Waals surface area contributed by atoms with Gasteiger partial charge in [-0.25, -0.2) is 0 Å². The summed E-state index contributed by atoms with van der Waals surface area (Å²) in [5, 5.41) is 6.16. The van der Waals surface area contributed by atoms with Crippen LogP contribution in [-0.4, -0.2) is 18.1 Å². The van der Waals surface area contributed by atoms with Gasteiger partial charge in [0.25, 0.3) is 0 Å². The van der Waals surface area contributed by atoms with Crippen LogP contribution >= 0.6 is 0 Å². The lowest BCUT2D eigenvalue weighted by molar-refractivity contribution is -0.0996. The minimum Gasteiger partial charge on any atom is -0.317 e. The largest absolute Gasteiger partial charge is 0.317 e. The summed E-state index contributed by atoms with van der Waals surface area (Å²) in [6.07, 6.45) is 17.8. The fraction of sp³-hybridized carbons (Fsp3) is 0.621. The number of hydrogen-bond donors (Lipinski definition) is 1. The average Bonchev–Trinajstić information content (AvgIpc) is 3.15. The summed E-state index contributed by atoms with van der Waals surface area (Å²) in [6, 6.07) is 9.93. The third-order valence-corrected chi connectivity index (χ3v) is 10.6. The number of nitrogens with zero attached hydrogens (tertiary/aromatic N) is 1. The highest BCUT2D eigenvalue weighted by Gasteiger charge is 2.58. The van der Waals surface area contributed by atoms with Crippen LogP contribution < -0.4 is 5.32 Å². The van der Waals surface area contributed by atoms with Crippen LogP contribution in [-0.2, 0) is 0 Å². The second-order valence-electron chi connectivity index (χ2n) is 11.7. The lowest BCUT2D eigenvalue weighted by Crippen LogP contribution is -2.54. The van der Waals surface area contributed by atoms with E-state index < -0.39 is 0 Å². The number of aromatic nitrogens is 1. The fourth-order valence-electron chi connectivity index (χ4n) is 8.79. The number of rotatable bonds is 2. The zero-order chi connectivity index (χ0) is 21.2. The van der Waals surface area contributed by atoms with E-state index in [1.807, 2.05) is 12.4 Å². The van der Waals surface area contributed by atoms with Gasteiger partial charge in [-0.15, -0.1) is 0 Å². The molecule has 1 aromatic heterocycles. The highest BCUT2D eigenvalue weighted by molar-refractivity contribution is 5.86. The van der Waals surface area contributed by atoms with Crippen LogP contribution in [0.15, 0.2) is 42.7 Å². The Morgan fingerprint density at radius 2 is 1.87 bits per heavy atom. The molecular formula is C29H38N2. The van der Waals surface area contributed by atoms with Crippen molar-refractivity contribution < 1.29 is 0 Å². The average molecular weight is 415 g/mol. The standard InChI is InChI=1S/C29H38N2/c1-28-13-10-23(30-3)17-22(28)6-7-24-26-9-8-25(29(26,2)14-11-27(24)28)20-5-4-19-12-15-31-18-21(19)16-20/h4-5,8,12,15-16,18,22-24,26-27,30H,6-7,9-11,13-14,17H2,1-3H3/t22-,23+,24-,26-,27-,28-,29+/m0/s1. The van der Waals surface area contributed by atoms with E-state index in [-0.39, 0.29) is 0 Å². The maximum atomic E-state index is 4.37. The topological polar surface area (TPSA) is 24.9 Å². The van der Waals surface area contributed by atoms with Crippen molar-refractivity contribution >= 4 is 16.3 Å². The Bertz CT molecular complexity index is 1020. The Kier molecular flexibility index (Phi) is 4.62. The predicted octanol–water partition coefficient (Wildman–Crippen LogP) is 6.86. The molecule has 6 rings (SSSR count). The molecule has 7 atom stereocenters. The van der Waals surface area contributed by atoms with E-state index in [1.54, 1.807) is 5.57 Å². The molecule has 2 heteroatoms. The minimum atomic E-state index is 0.350. The van der Waals surface area contributed by atoms with Gasteiger partial charge in [0, 0.05) is 23.8 Å². The normalized spacial score (nSPS) is 41.9. The van der Waals surface area contributed by atoms with E-state index in [1.165, 1.54) is 67.7 Å². The molecule has 4 aliphatic carbocycles. The van der Waals surface area contributed by atoms with Gasteiger partial charge in [0.1, 0.15) is 0 Å². The highest BCUT2D eigenvalue weighted by Crippen LogP contribution is 2.67. The van der Waals surface area contributed by atoms with Gasteiger partial charge in [0.2, 0.25) is 0 Å². The Morgan fingerprint density at radius 3 is 2.74 bits per heavy atom. The van der Waals surface area contributed by atoms with Crippen LogP contribution in [0.1, 0.15) is 70.8 Å². The van der Waals surface area contributed by atoms with Gasteiger partial charge in [-0.05, 0) is 122 Å². The molecule has 4 aliphatic rings. The van der Waals surface area contributed by atoms with Crippen LogP contribution in [0, 0.1) is 34.5 Å². The zero-order valence-electron chi connectivity index (χ0n) is 19.5. The summed E-state index contributed by atoms with van der Waals surface area (Å²) in [5.41, 5.74) is 4.00. The molecule has 1 aromatic carbocycles. The monoisotopic (exact) mass is 414 g/mol. The smallest absolute Gasteiger partial charge is 0.0346 e. The van der Waals surface area contributed by atoms with E-state index in [0.717, 1.165) is 29.7 Å². The molecule has 0 radical (unpaired) electrons. The van der Waals surface area contributed by atoms with E-state index >= 15 is 0 Å². The van der Waals surface area contributed by atoms with Crippen molar-refractivity contribution in [3.8, 4) is 0 Å². The van der Waals surface area contributed by atoms with Gasteiger partial charge in [-0.2, -0.15) is 0 Å². The molecule has 2 nitrogen and oxygen atoms in total. The van der Waals surface area contributed by atoms with Crippen molar-refractivity contribution in [1.82, 2.24) is 10.3 Å². The molecule has 0 amide bonds. The van der Waals surface area contributed by atoms with E-state index in [2.05, 4.69) is 61.5 Å². The minimum absolute atomic E-state index is 0.350. The molecule has 0 spiro atoms. The van der Waals surface area contributed by atoms with Crippen molar-refractivity contribution in [3.05, 3.63) is 48.3 Å². The molecule has 2 aromatic rings. The first-order valence-electron chi connectivity index (χ1n) is 12.7. The zero-order valence-corrected chi connectivity index (χ0v) is 19.5. The van der Waals surface area contributed by atoms with Crippen LogP contribution in [0.2, 0.25) is 0 Å². The summed E-state index contributed by atoms with van der Waals surface area (Å²) in [7, 11) is 2.17. The first kappa shape index (κ1) is 20.0. The molecule has 1 heterocycles. The van der Waals surface area contributed by atoms with Crippen molar-refractivity contribution in [2.75, 3.05) is 7.05 Å². The van der Waals surface area contributed by atoms with Crippen molar-refractivity contribution in [2.24, 2.45) is 34.5 Å². The predicted molar refractivity (Wildman–Crippen MR) is 130 cm³/mol. The highest BCUT2D eigenvalue weighted by atomic mass is 14.9. The lowest BCUT2D eigenvalue weighted by Gasteiger charge is -2.61. The third kappa shape index (κ3) is 2.90. The van der Waals surface area contributed by atoms with E-state index in [9.17, 15) is 0 Å². The summed E-state index contributed by atoms with van der Waals surface area (Å²) in [5.74, 6) is 3.63. The van der Waals surface area contributed by atoms with Crippen LogP contribution in [0.3, 0.4) is 0 Å². The molecule has 0 aliphatic heterocycles. The summed E-state index contributed by atoms with van der Waals surface area (Å²) >= 11 is 0. The van der Waals surface area contributed by atoms with Crippen molar-refractivity contribution in [1.29, 1.82) is 0 Å². The molecule has 31 heavy (non-hydrogen) atoms. The molecule has 0 saturated heterocycles. The molecule has 0 bridgehead atoms. The SMILES string of the molecule is CN[C@@H]1CC[C@@]2(C)[C@@H](CC[C@@H]3[C@@H]2CC[C@]2(C)C(c4ccc5ccncc5c4)=CC[C@@H]32)C1. The maximum absolute atomic E-state index is 4.37. The van der Waals surface area contributed by atoms with Crippen LogP contribution in [0.25, 0.3) is 16.3 Å². The molecule has 164 valence electrons. The van der Waals surface area contributed by atoms with Crippen LogP contribution in [0.4, 0.5) is 0 Å². The van der Waals surface area contributed by atoms with Gasteiger partial charge in [0.15, 0.2) is 0 Å². The van der Waals surface area contributed by atoms with Gasteiger partial charge in [-0.1, -0.05) is 32.1 Å². The Morgan fingerprint density at radius 1 is 0.968 bits per heavy atom. The summed E-state index contributed by atoms with van der Waals surface area (Å²) < 4.78 is 0. The molecule has 3 fully saturated rings. The van der Waals surface area contributed by atoms with E-state index in [4.69, 9.17) is 0 Å². The first-order chi connectivity index (χ1) is 15.0. The second-order valence-corrected chi connectivity index (χ2v) is 11.7. The molecule has 1 N–H and O–H groups in total. The lowest BCUT2D eigenvalue weighted by atomic mass is 9.44.